The van der Waals surface area contributed by atoms with Gasteiger partial charge in [0.1, 0.15) is 17.8 Å². The smallest absolute Gasteiger partial charge is 0.338 e. The van der Waals surface area contributed by atoms with Crippen molar-refractivity contribution in [2.45, 2.75) is 62.3 Å². The number of carbonyl (C=O) groups excluding carboxylic acids is 2. The maximum absolute atomic E-state index is 12.5. The van der Waals surface area contributed by atoms with Crippen molar-refractivity contribution in [2.75, 3.05) is 13.2 Å². The van der Waals surface area contributed by atoms with Gasteiger partial charge in [-0.05, 0) is 30.8 Å². The fourth-order valence-electron chi connectivity index (χ4n) is 7.68. The van der Waals surface area contributed by atoms with Crippen LogP contribution in [0.5, 0.6) is 0 Å². The van der Waals surface area contributed by atoms with Crippen LogP contribution in [0.2, 0.25) is 0 Å². The summed E-state index contributed by atoms with van der Waals surface area (Å²) in [6.45, 7) is 2.48. The van der Waals surface area contributed by atoms with E-state index in [0.29, 0.717) is 0 Å². The van der Waals surface area contributed by atoms with Gasteiger partial charge < -0.3 is 35.0 Å². The van der Waals surface area contributed by atoms with Crippen LogP contribution in [0.3, 0.4) is 0 Å². The number of fused-ring (bicyclic) bond motifs is 2. The highest BCUT2D eigenvalue weighted by Crippen LogP contribution is 2.73. The van der Waals surface area contributed by atoms with Crippen molar-refractivity contribution in [3.05, 3.63) is 11.6 Å². The monoisotopic (exact) mass is 410 g/mol. The standard InChI is InChI=1S/C20H26O9/c1-8-3-9(22)5-17(2)10(8)4-11-18-7-28-19(6-21,14(24)12(23)13(17)18)20(18,27)15(25)16(26)29-11/h3,10-15,21,23-25,27H,4-7H2,1-2H3/t10-,11+,12+,13+,14-,15-,17-,18+,19+,20-/m0/s1. The van der Waals surface area contributed by atoms with Crippen molar-refractivity contribution in [2.24, 2.45) is 22.7 Å². The molecule has 0 amide bonds. The summed E-state index contributed by atoms with van der Waals surface area (Å²) in [6, 6.07) is 0. The van der Waals surface area contributed by atoms with Crippen molar-refractivity contribution < 1.29 is 44.6 Å². The van der Waals surface area contributed by atoms with Crippen LogP contribution in [0, 0.1) is 22.7 Å². The first-order valence-electron chi connectivity index (χ1n) is 9.94. The number of aliphatic hydroxyl groups excluding tert-OH is 4. The Kier molecular flexibility index (Phi) is 3.69. The van der Waals surface area contributed by atoms with Crippen LogP contribution < -0.4 is 0 Å². The molecule has 5 rings (SSSR count). The van der Waals surface area contributed by atoms with Gasteiger partial charge in [-0.1, -0.05) is 12.5 Å². The zero-order valence-electron chi connectivity index (χ0n) is 16.2. The van der Waals surface area contributed by atoms with Crippen LogP contribution in [0.25, 0.3) is 0 Å². The summed E-state index contributed by atoms with van der Waals surface area (Å²) in [5.41, 5.74) is -6.11. The molecule has 9 heteroatoms. The Morgan fingerprint density at radius 3 is 2.59 bits per heavy atom. The molecule has 10 atom stereocenters. The zero-order valence-corrected chi connectivity index (χ0v) is 16.2. The van der Waals surface area contributed by atoms with Crippen molar-refractivity contribution in [3.63, 3.8) is 0 Å². The summed E-state index contributed by atoms with van der Waals surface area (Å²) in [5.74, 6) is -2.35. The molecule has 9 nitrogen and oxygen atoms in total. The van der Waals surface area contributed by atoms with Crippen molar-refractivity contribution >= 4 is 11.8 Å². The average molecular weight is 410 g/mol. The largest absolute Gasteiger partial charge is 0.460 e. The number of aliphatic hydroxyl groups is 5. The Morgan fingerprint density at radius 1 is 1.24 bits per heavy atom. The second kappa shape index (κ2) is 5.46. The van der Waals surface area contributed by atoms with Crippen LogP contribution in [0.1, 0.15) is 26.7 Å². The first kappa shape index (κ1) is 19.6. The molecule has 5 N–H and O–H groups in total. The van der Waals surface area contributed by atoms with Crippen LogP contribution in [-0.4, -0.2) is 86.1 Å². The maximum Gasteiger partial charge on any atom is 0.338 e. The molecule has 5 aliphatic rings. The van der Waals surface area contributed by atoms with Crippen molar-refractivity contribution in [1.82, 2.24) is 0 Å². The number of ether oxygens (including phenoxy) is 2. The van der Waals surface area contributed by atoms with E-state index >= 15 is 0 Å². The molecule has 29 heavy (non-hydrogen) atoms. The van der Waals surface area contributed by atoms with Gasteiger partial charge in [-0.3, -0.25) is 4.79 Å². The predicted molar refractivity (Wildman–Crippen MR) is 94.1 cm³/mol. The van der Waals surface area contributed by atoms with Crippen LogP contribution >= 0.6 is 0 Å². The Hall–Kier alpha value is -1.36. The minimum absolute atomic E-state index is 0.0736. The minimum Gasteiger partial charge on any atom is -0.460 e. The fraction of sp³-hybridized carbons (Fsp3) is 0.800. The van der Waals surface area contributed by atoms with Gasteiger partial charge in [0, 0.05) is 12.3 Å². The molecule has 2 aliphatic heterocycles. The normalized spacial score (nSPS) is 58.2. The number of carbonyl (C=O) groups is 2. The fourth-order valence-corrected chi connectivity index (χ4v) is 7.68. The lowest BCUT2D eigenvalue weighted by Crippen LogP contribution is -2.86. The van der Waals surface area contributed by atoms with Gasteiger partial charge in [0.25, 0.3) is 0 Å². The predicted octanol–water partition coefficient (Wildman–Crippen LogP) is -1.95. The van der Waals surface area contributed by atoms with Gasteiger partial charge in [0.05, 0.1) is 24.7 Å². The highest BCUT2D eigenvalue weighted by Gasteiger charge is 2.88. The van der Waals surface area contributed by atoms with E-state index in [-0.39, 0.29) is 31.1 Å². The van der Waals surface area contributed by atoms with Crippen LogP contribution in [-0.2, 0) is 19.1 Å². The molecular weight excluding hydrogens is 384 g/mol. The Labute approximate surface area is 166 Å². The van der Waals surface area contributed by atoms with Gasteiger partial charge in [-0.15, -0.1) is 0 Å². The highest BCUT2D eigenvalue weighted by atomic mass is 16.6. The lowest BCUT2D eigenvalue weighted by atomic mass is 9.37. The molecule has 0 unspecified atom stereocenters. The molecule has 1 spiro atoms. The average Bonchev–Trinajstić information content (AvgIpc) is 2.86. The second-order valence-electron chi connectivity index (χ2n) is 9.71. The lowest BCUT2D eigenvalue weighted by Gasteiger charge is -2.70. The number of rotatable bonds is 1. The molecule has 0 aromatic rings. The SMILES string of the molecule is CC1=CC(=O)C[C@]2(C)[C@H]3[C@@H](O)[C@H](O)[C@@]4(CO)OC[C@@]35[C@@H](C[C@@H]12)OC(=O)[C@H](O)[C@]54O. The molecule has 0 aromatic carbocycles. The highest BCUT2D eigenvalue weighted by molar-refractivity contribution is 5.92. The van der Waals surface area contributed by atoms with Crippen molar-refractivity contribution in [1.29, 1.82) is 0 Å². The summed E-state index contributed by atoms with van der Waals surface area (Å²) >= 11 is 0. The first-order valence-corrected chi connectivity index (χ1v) is 9.94. The van der Waals surface area contributed by atoms with E-state index in [1.807, 2.05) is 6.92 Å². The van der Waals surface area contributed by atoms with E-state index < -0.39 is 64.9 Å². The van der Waals surface area contributed by atoms with Gasteiger partial charge in [-0.25, -0.2) is 4.79 Å². The zero-order chi connectivity index (χ0) is 21.1. The van der Waals surface area contributed by atoms with E-state index in [4.69, 9.17) is 9.47 Å². The van der Waals surface area contributed by atoms with Gasteiger partial charge >= 0.3 is 5.97 Å². The number of hydrogen-bond acceptors (Lipinski definition) is 9. The molecule has 4 fully saturated rings. The summed E-state index contributed by atoms with van der Waals surface area (Å²) in [5, 5.41) is 55.0. The van der Waals surface area contributed by atoms with Crippen LogP contribution in [0.4, 0.5) is 0 Å². The molecule has 0 radical (unpaired) electrons. The molecule has 160 valence electrons. The minimum atomic E-state index is -2.38. The molecule has 2 saturated heterocycles. The van der Waals surface area contributed by atoms with Crippen LogP contribution in [0.15, 0.2) is 11.6 Å². The first-order chi connectivity index (χ1) is 13.5. The Bertz CT molecular complexity index is 840. The number of hydrogen-bond donors (Lipinski definition) is 5. The summed E-state index contributed by atoms with van der Waals surface area (Å²) in [6.07, 6.45) is -4.35. The molecule has 2 heterocycles. The maximum atomic E-state index is 12.5. The summed E-state index contributed by atoms with van der Waals surface area (Å²) in [7, 11) is 0. The third kappa shape index (κ3) is 1.77. The van der Waals surface area contributed by atoms with Gasteiger partial charge in [0.15, 0.2) is 17.5 Å². The molecule has 2 bridgehead atoms. The third-order valence-corrected chi connectivity index (χ3v) is 8.76. The van der Waals surface area contributed by atoms with E-state index in [2.05, 4.69) is 0 Å². The van der Waals surface area contributed by atoms with E-state index in [1.165, 1.54) is 0 Å². The second-order valence-corrected chi connectivity index (χ2v) is 9.71. The van der Waals surface area contributed by atoms with E-state index in [9.17, 15) is 35.1 Å². The van der Waals surface area contributed by atoms with E-state index in [1.54, 1.807) is 13.0 Å². The Morgan fingerprint density at radius 2 is 1.93 bits per heavy atom. The molecular formula is C20H26O9. The third-order valence-electron chi connectivity index (χ3n) is 8.76. The summed E-state index contributed by atoms with van der Waals surface area (Å²) < 4.78 is 11.3. The number of ketones is 1. The quantitative estimate of drug-likeness (QED) is 0.310. The Balaban J connectivity index is 1.81. The number of allylic oxidation sites excluding steroid dienone is 2. The molecule has 0 aromatic heterocycles. The lowest BCUT2D eigenvalue weighted by molar-refractivity contribution is -0.353. The van der Waals surface area contributed by atoms with Crippen molar-refractivity contribution in [3.8, 4) is 0 Å². The summed E-state index contributed by atoms with van der Waals surface area (Å²) in [4.78, 5) is 25.0. The topological polar surface area (TPSA) is 154 Å². The molecule has 2 saturated carbocycles. The van der Waals surface area contributed by atoms with Gasteiger partial charge in [0.2, 0.25) is 0 Å². The molecule has 3 aliphatic carbocycles. The number of esters is 1. The van der Waals surface area contributed by atoms with E-state index in [0.717, 1.165) is 5.57 Å². The van der Waals surface area contributed by atoms with Gasteiger partial charge in [-0.2, -0.15) is 0 Å².